The van der Waals surface area contributed by atoms with Gasteiger partial charge in [-0.25, -0.2) is 21.6 Å². The Bertz CT molecular complexity index is 1430. The summed E-state index contributed by atoms with van der Waals surface area (Å²) in [6.07, 6.45) is 1.10. The molecular weight excluding hydrogens is 474 g/mol. The summed E-state index contributed by atoms with van der Waals surface area (Å²) in [6.45, 7) is 8.37. The molecule has 172 valence electrons. The first-order valence-corrected chi connectivity index (χ1v) is 13.6. The number of amides is 1. The van der Waals surface area contributed by atoms with E-state index in [9.17, 15) is 21.6 Å². The quantitative estimate of drug-likeness (QED) is 0.529. The van der Waals surface area contributed by atoms with Crippen molar-refractivity contribution in [2.75, 3.05) is 16.3 Å². The van der Waals surface area contributed by atoms with E-state index in [0.29, 0.717) is 33.6 Å². The zero-order chi connectivity index (χ0) is 24.0. The second kappa shape index (κ2) is 8.34. The number of sulfonamides is 1. The lowest BCUT2D eigenvalue weighted by Gasteiger charge is -2.17. The van der Waals surface area contributed by atoms with Crippen molar-refractivity contribution in [3.05, 3.63) is 50.3 Å². The molecule has 0 radical (unpaired) electrons. The number of anilines is 2. The molecule has 0 saturated heterocycles. The van der Waals surface area contributed by atoms with Gasteiger partial charge in [-0.15, -0.1) is 11.3 Å². The molecule has 3 rings (SSSR count). The maximum Gasteiger partial charge on any atom is 0.267 e. The highest BCUT2D eigenvalue weighted by Gasteiger charge is 2.28. The molecule has 0 aliphatic carbocycles. The highest BCUT2D eigenvalue weighted by molar-refractivity contribution is 7.93. The first-order valence-electron chi connectivity index (χ1n) is 9.39. The first kappa shape index (κ1) is 24.0. The third-order valence-electron chi connectivity index (χ3n) is 5.02. The normalized spacial score (nSPS) is 12.1. The fraction of sp³-hybridized carbons (Fsp3) is 0.300. The van der Waals surface area contributed by atoms with Crippen LogP contribution in [-0.2, 0) is 19.9 Å². The summed E-state index contributed by atoms with van der Waals surface area (Å²) >= 11 is 0.953. The summed E-state index contributed by atoms with van der Waals surface area (Å²) in [5.41, 5.74) is 3.03. The number of aromatic nitrogens is 1. The van der Waals surface area contributed by atoms with Gasteiger partial charge in [0.15, 0.2) is 9.84 Å². The SMILES string of the molecule is Cc1cc(C)c(S(C)(=O)=O)c(C)c1NC(=O)c1sccc1S(=O)(=O)Nc1onc(C)c1C. The van der Waals surface area contributed by atoms with Crippen molar-refractivity contribution >= 4 is 48.7 Å². The van der Waals surface area contributed by atoms with Crippen molar-refractivity contribution in [1.29, 1.82) is 0 Å². The van der Waals surface area contributed by atoms with Crippen molar-refractivity contribution in [2.24, 2.45) is 0 Å². The Kier molecular flexibility index (Phi) is 6.24. The summed E-state index contributed by atoms with van der Waals surface area (Å²) in [4.78, 5) is 12.9. The third-order valence-corrected chi connectivity index (χ3v) is 8.80. The Morgan fingerprint density at radius 3 is 2.25 bits per heavy atom. The van der Waals surface area contributed by atoms with Gasteiger partial charge in [0.25, 0.3) is 15.9 Å². The number of carbonyl (C=O) groups is 1. The molecule has 0 aliphatic rings. The Morgan fingerprint density at radius 1 is 1.03 bits per heavy atom. The van der Waals surface area contributed by atoms with Crippen molar-refractivity contribution in [2.45, 2.75) is 44.4 Å². The Balaban J connectivity index is 1.99. The van der Waals surface area contributed by atoms with Gasteiger partial charge >= 0.3 is 0 Å². The van der Waals surface area contributed by atoms with Crippen LogP contribution in [0.25, 0.3) is 0 Å². The molecule has 0 fully saturated rings. The van der Waals surface area contributed by atoms with Crippen LogP contribution in [0.15, 0.2) is 31.8 Å². The van der Waals surface area contributed by atoms with Crippen LogP contribution in [0.5, 0.6) is 0 Å². The van der Waals surface area contributed by atoms with Crippen LogP contribution in [0.4, 0.5) is 11.6 Å². The van der Waals surface area contributed by atoms with Gasteiger partial charge in [-0.1, -0.05) is 11.2 Å². The monoisotopic (exact) mass is 497 g/mol. The molecule has 0 spiro atoms. The molecule has 9 nitrogen and oxygen atoms in total. The van der Waals surface area contributed by atoms with E-state index in [1.165, 1.54) is 11.4 Å². The van der Waals surface area contributed by atoms with Gasteiger partial charge in [0.1, 0.15) is 9.77 Å². The molecule has 2 N–H and O–H groups in total. The number of thiophene rings is 1. The third kappa shape index (κ3) is 4.43. The lowest BCUT2D eigenvalue weighted by Crippen LogP contribution is -2.20. The number of nitrogens with one attached hydrogen (secondary N) is 2. The van der Waals surface area contributed by atoms with E-state index in [2.05, 4.69) is 15.2 Å². The molecule has 2 aromatic heterocycles. The zero-order valence-corrected chi connectivity index (χ0v) is 20.8. The van der Waals surface area contributed by atoms with Gasteiger partial charge in [0.05, 0.1) is 10.6 Å². The predicted octanol–water partition coefficient (Wildman–Crippen LogP) is 3.73. The molecule has 3 aromatic rings. The van der Waals surface area contributed by atoms with Gasteiger partial charge in [-0.05, 0) is 62.8 Å². The predicted molar refractivity (Wildman–Crippen MR) is 123 cm³/mol. The second-order valence-electron chi connectivity index (χ2n) is 7.51. The van der Waals surface area contributed by atoms with E-state index < -0.39 is 25.8 Å². The molecular formula is C20H23N3O6S3. The van der Waals surface area contributed by atoms with Gasteiger partial charge in [-0.3, -0.25) is 4.79 Å². The molecule has 2 heterocycles. The van der Waals surface area contributed by atoms with Crippen LogP contribution < -0.4 is 10.0 Å². The Labute approximate surface area is 190 Å². The largest absolute Gasteiger partial charge is 0.337 e. The van der Waals surface area contributed by atoms with Crippen LogP contribution in [0.1, 0.15) is 37.6 Å². The first-order chi connectivity index (χ1) is 14.7. The number of sulfone groups is 1. The molecule has 1 amide bonds. The average molecular weight is 498 g/mol. The van der Waals surface area contributed by atoms with Crippen LogP contribution in [0.3, 0.4) is 0 Å². The smallest absolute Gasteiger partial charge is 0.267 e. The number of hydrogen-bond donors (Lipinski definition) is 2. The number of benzene rings is 1. The van der Waals surface area contributed by atoms with Crippen LogP contribution in [0, 0.1) is 34.6 Å². The molecule has 0 saturated carbocycles. The second-order valence-corrected chi connectivity index (χ2v) is 12.0. The summed E-state index contributed by atoms with van der Waals surface area (Å²) in [5, 5.41) is 7.90. The summed E-state index contributed by atoms with van der Waals surface area (Å²) in [5.74, 6) is -0.691. The maximum absolute atomic E-state index is 13.0. The molecule has 0 bridgehead atoms. The van der Waals surface area contributed by atoms with Crippen molar-refractivity contribution in [3.8, 4) is 0 Å². The van der Waals surface area contributed by atoms with Crippen molar-refractivity contribution in [1.82, 2.24) is 5.16 Å². The highest BCUT2D eigenvalue weighted by Crippen LogP contribution is 2.32. The van der Waals surface area contributed by atoms with Crippen molar-refractivity contribution in [3.63, 3.8) is 0 Å². The van der Waals surface area contributed by atoms with Crippen molar-refractivity contribution < 1.29 is 26.2 Å². The lowest BCUT2D eigenvalue weighted by molar-refractivity contribution is 0.102. The highest BCUT2D eigenvalue weighted by atomic mass is 32.2. The van der Waals surface area contributed by atoms with Gasteiger partial charge in [-0.2, -0.15) is 0 Å². The number of hydrogen-bond acceptors (Lipinski definition) is 8. The fourth-order valence-corrected chi connectivity index (χ4v) is 7.14. The molecule has 12 heteroatoms. The summed E-state index contributed by atoms with van der Waals surface area (Å²) in [7, 11) is -7.67. The molecule has 0 aliphatic heterocycles. The van der Waals surface area contributed by atoms with Crippen LogP contribution >= 0.6 is 11.3 Å². The minimum atomic E-state index is -4.14. The fourth-order valence-electron chi connectivity index (χ4n) is 3.46. The van der Waals surface area contributed by atoms with Crippen LogP contribution in [-0.4, -0.2) is 34.2 Å². The van der Waals surface area contributed by atoms with Gasteiger partial charge in [0, 0.05) is 17.5 Å². The van der Waals surface area contributed by atoms with Gasteiger partial charge < -0.3 is 9.84 Å². The average Bonchev–Trinajstić information content (AvgIpc) is 3.27. The number of carbonyl (C=O) groups excluding carboxylic acids is 1. The van der Waals surface area contributed by atoms with E-state index >= 15 is 0 Å². The maximum atomic E-state index is 13.0. The lowest BCUT2D eigenvalue weighted by atomic mass is 10.0. The van der Waals surface area contributed by atoms with E-state index in [-0.39, 0.29) is 20.6 Å². The Hall–Kier alpha value is -2.70. The topological polar surface area (TPSA) is 135 Å². The number of nitrogens with zero attached hydrogens (tertiary/aromatic N) is 1. The van der Waals surface area contributed by atoms with Gasteiger partial charge in [0.2, 0.25) is 5.88 Å². The van der Waals surface area contributed by atoms with Crippen LogP contribution in [0.2, 0.25) is 0 Å². The molecule has 0 unspecified atom stereocenters. The number of aryl methyl sites for hydroxylation is 3. The van der Waals surface area contributed by atoms with E-state index in [1.807, 2.05) is 0 Å². The minimum Gasteiger partial charge on any atom is -0.337 e. The van der Waals surface area contributed by atoms with E-state index in [4.69, 9.17) is 4.52 Å². The zero-order valence-electron chi connectivity index (χ0n) is 18.4. The number of rotatable bonds is 6. The summed E-state index contributed by atoms with van der Waals surface area (Å²) in [6, 6.07) is 2.99. The molecule has 0 atom stereocenters. The Morgan fingerprint density at radius 2 is 1.69 bits per heavy atom. The van der Waals surface area contributed by atoms with E-state index in [1.54, 1.807) is 40.7 Å². The molecule has 32 heavy (non-hydrogen) atoms. The molecule has 1 aromatic carbocycles. The standard InChI is InChI=1S/C20H23N3O6S3/c1-10-9-11(2)18(31(6,25)26)13(4)16(10)21-19(24)17-15(7-8-30-17)32(27,28)23-20-12(3)14(5)22-29-20/h7-9,23H,1-6H3,(H,21,24). The van der Waals surface area contributed by atoms with E-state index in [0.717, 1.165) is 17.6 Å². The summed E-state index contributed by atoms with van der Waals surface area (Å²) < 4.78 is 57.6. The minimum absolute atomic E-state index is 0.0249.